The fourth-order valence-electron chi connectivity index (χ4n) is 2.21. The van der Waals surface area contributed by atoms with Crippen molar-refractivity contribution in [3.05, 3.63) is 65.6 Å². The topological polar surface area (TPSA) is 53.6 Å². The summed E-state index contributed by atoms with van der Waals surface area (Å²) in [6, 6.07) is 14.5. The number of aromatic amines is 1. The van der Waals surface area contributed by atoms with Crippen LogP contribution in [0, 0.1) is 12.7 Å². The van der Waals surface area contributed by atoms with Crippen LogP contribution in [0.5, 0.6) is 0 Å². The number of hydrogen-bond donors (Lipinski definition) is 2. The smallest absolute Gasteiger partial charge is 0.123 e. The summed E-state index contributed by atoms with van der Waals surface area (Å²) < 4.78 is 13.1. The standard InChI is InChI=1S/C16H15FN4/c1-11-9-13(17)7-8-14(11)18-10-15-16(20-21-19-15)12-5-3-2-4-6-12/h2-9,18H,10H2,1H3,(H,19,20,21). The van der Waals surface area contributed by atoms with Gasteiger partial charge in [0.25, 0.3) is 0 Å². The zero-order chi connectivity index (χ0) is 14.7. The van der Waals surface area contributed by atoms with E-state index in [1.807, 2.05) is 37.3 Å². The molecule has 0 saturated carbocycles. The number of anilines is 1. The van der Waals surface area contributed by atoms with E-state index in [4.69, 9.17) is 0 Å². The Bertz CT molecular complexity index is 737. The van der Waals surface area contributed by atoms with Crippen LogP contribution >= 0.6 is 0 Å². The molecule has 106 valence electrons. The highest BCUT2D eigenvalue weighted by atomic mass is 19.1. The van der Waals surface area contributed by atoms with E-state index in [0.717, 1.165) is 28.2 Å². The van der Waals surface area contributed by atoms with E-state index >= 15 is 0 Å². The van der Waals surface area contributed by atoms with Crippen LogP contribution in [0.15, 0.2) is 48.5 Å². The zero-order valence-corrected chi connectivity index (χ0v) is 11.6. The summed E-state index contributed by atoms with van der Waals surface area (Å²) in [6.07, 6.45) is 0. The lowest BCUT2D eigenvalue weighted by Gasteiger charge is -2.08. The monoisotopic (exact) mass is 282 g/mol. The summed E-state index contributed by atoms with van der Waals surface area (Å²) >= 11 is 0. The molecule has 2 aromatic carbocycles. The molecule has 0 saturated heterocycles. The third-order valence-corrected chi connectivity index (χ3v) is 3.30. The van der Waals surface area contributed by atoms with Gasteiger partial charge in [-0.1, -0.05) is 30.3 Å². The number of nitrogens with one attached hydrogen (secondary N) is 2. The van der Waals surface area contributed by atoms with E-state index in [0.29, 0.717) is 6.54 Å². The van der Waals surface area contributed by atoms with Gasteiger partial charge in [0.1, 0.15) is 17.2 Å². The predicted molar refractivity (Wildman–Crippen MR) is 80.3 cm³/mol. The molecule has 0 radical (unpaired) electrons. The molecule has 3 aromatic rings. The molecule has 1 aromatic heterocycles. The lowest BCUT2D eigenvalue weighted by atomic mass is 10.1. The molecule has 21 heavy (non-hydrogen) atoms. The third-order valence-electron chi connectivity index (χ3n) is 3.30. The van der Waals surface area contributed by atoms with Crippen molar-refractivity contribution in [2.45, 2.75) is 13.5 Å². The minimum absolute atomic E-state index is 0.232. The van der Waals surface area contributed by atoms with Crippen LogP contribution in [0.3, 0.4) is 0 Å². The van der Waals surface area contributed by atoms with Crippen molar-refractivity contribution < 1.29 is 4.39 Å². The van der Waals surface area contributed by atoms with Crippen LogP contribution in [0.25, 0.3) is 11.3 Å². The van der Waals surface area contributed by atoms with E-state index in [-0.39, 0.29) is 5.82 Å². The minimum Gasteiger partial charge on any atom is -0.379 e. The van der Waals surface area contributed by atoms with Crippen LogP contribution in [-0.2, 0) is 6.54 Å². The molecule has 0 fully saturated rings. The van der Waals surface area contributed by atoms with Crippen molar-refractivity contribution in [3.63, 3.8) is 0 Å². The Kier molecular flexibility index (Phi) is 3.64. The van der Waals surface area contributed by atoms with Gasteiger partial charge >= 0.3 is 0 Å². The lowest BCUT2D eigenvalue weighted by Crippen LogP contribution is -2.03. The van der Waals surface area contributed by atoms with Crippen molar-refractivity contribution >= 4 is 5.69 Å². The number of hydrogen-bond acceptors (Lipinski definition) is 3. The summed E-state index contributed by atoms with van der Waals surface area (Å²) in [5.41, 5.74) is 4.41. The largest absolute Gasteiger partial charge is 0.379 e. The van der Waals surface area contributed by atoms with Crippen molar-refractivity contribution in [2.24, 2.45) is 0 Å². The maximum atomic E-state index is 13.1. The van der Waals surface area contributed by atoms with E-state index < -0.39 is 0 Å². The molecule has 0 aliphatic rings. The maximum absolute atomic E-state index is 13.1. The molecular weight excluding hydrogens is 267 g/mol. The van der Waals surface area contributed by atoms with Gasteiger partial charge in [-0.25, -0.2) is 4.39 Å². The number of aromatic nitrogens is 3. The quantitative estimate of drug-likeness (QED) is 0.769. The van der Waals surface area contributed by atoms with Gasteiger partial charge in [0.15, 0.2) is 0 Å². The molecular formula is C16H15FN4. The summed E-state index contributed by atoms with van der Waals surface area (Å²) in [6.45, 7) is 2.39. The molecule has 3 rings (SSSR count). The Balaban J connectivity index is 1.79. The van der Waals surface area contributed by atoms with Gasteiger partial charge in [-0.3, -0.25) is 0 Å². The van der Waals surface area contributed by atoms with Crippen molar-refractivity contribution in [2.75, 3.05) is 5.32 Å². The molecule has 0 bridgehead atoms. The molecule has 0 unspecified atom stereocenters. The van der Waals surface area contributed by atoms with E-state index in [2.05, 4.69) is 20.7 Å². The number of rotatable bonds is 4. The van der Waals surface area contributed by atoms with E-state index in [9.17, 15) is 4.39 Å². The average molecular weight is 282 g/mol. The lowest BCUT2D eigenvalue weighted by molar-refractivity contribution is 0.627. The Labute approximate surface area is 122 Å². The molecule has 0 amide bonds. The predicted octanol–water partition coefficient (Wildman–Crippen LogP) is 3.53. The van der Waals surface area contributed by atoms with Gasteiger partial charge in [-0.05, 0) is 30.7 Å². The van der Waals surface area contributed by atoms with Crippen LogP contribution in [-0.4, -0.2) is 15.4 Å². The third kappa shape index (κ3) is 2.91. The highest BCUT2D eigenvalue weighted by Crippen LogP contribution is 2.21. The fourth-order valence-corrected chi connectivity index (χ4v) is 2.21. The molecule has 0 atom stereocenters. The van der Waals surface area contributed by atoms with E-state index in [1.165, 1.54) is 12.1 Å². The SMILES string of the molecule is Cc1cc(F)ccc1NCc1n[nH]nc1-c1ccccc1. The van der Waals surface area contributed by atoms with Gasteiger partial charge in [-0.15, -0.1) is 0 Å². The van der Waals surface area contributed by atoms with Gasteiger partial charge < -0.3 is 5.32 Å². The number of H-pyrrole nitrogens is 1. The van der Waals surface area contributed by atoms with Crippen molar-refractivity contribution in [3.8, 4) is 11.3 Å². The highest BCUT2D eigenvalue weighted by Gasteiger charge is 2.10. The minimum atomic E-state index is -0.232. The first-order valence-corrected chi connectivity index (χ1v) is 6.69. The van der Waals surface area contributed by atoms with Crippen LogP contribution in [0.4, 0.5) is 10.1 Å². The number of nitrogens with zero attached hydrogens (tertiary/aromatic N) is 2. The summed E-state index contributed by atoms with van der Waals surface area (Å²) in [5.74, 6) is -0.232. The summed E-state index contributed by atoms with van der Waals surface area (Å²) in [5, 5.41) is 14.3. The molecule has 0 aliphatic carbocycles. The first kappa shape index (κ1) is 13.3. The zero-order valence-electron chi connectivity index (χ0n) is 11.6. The number of halogens is 1. The number of aryl methyl sites for hydroxylation is 1. The molecule has 1 heterocycles. The van der Waals surface area contributed by atoms with Crippen LogP contribution in [0.1, 0.15) is 11.3 Å². The molecule has 2 N–H and O–H groups in total. The van der Waals surface area contributed by atoms with Gasteiger partial charge in [0.05, 0.1) is 6.54 Å². The fraction of sp³-hybridized carbons (Fsp3) is 0.125. The van der Waals surface area contributed by atoms with Gasteiger partial charge in [-0.2, -0.15) is 15.4 Å². The molecule has 4 nitrogen and oxygen atoms in total. The summed E-state index contributed by atoms with van der Waals surface area (Å²) in [4.78, 5) is 0. The Morgan fingerprint density at radius 1 is 1.10 bits per heavy atom. The number of benzene rings is 2. The van der Waals surface area contributed by atoms with Crippen molar-refractivity contribution in [1.82, 2.24) is 15.4 Å². The van der Waals surface area contributed by atoms with Crippen molar-refractivity contribution in [1.29, 1.82) is 0 Å². The Hall–Kier alpha value is -2.69. The second kappa shape index (κ2) is 5.75. The molecule has 0 aliphatic heterocycles. The Morgan fingerprint density at radius 3 is 2.67 bits per heavy atom. The van der Waals surface area contributed by atoms with Crippen LogP contribution in [0.2, 0.25) is 0 Å². The molecule has 5 heteroatoms. The van der Waals surface area contributed by atoms with Gasteiger partial charge in [0, 0.05) is 11.3 Å². The highest BCUT2D eigenvalue weighted by molar-refractivity contribution is 5.61. The maximum Gasteiger partial charge on any atom is 0.123 e. The Morgan fingerprint density at radius 2 is 1.90 bits per heavy atom. The summed E-state index contributed by atoms with van der Waals surface area (Å²) in [7, 11) is 0. The first-order chi connectivity index (χ1) is 10.2. The van der Waals surface area contributed by atoms with Gasteiger partial charge in [0.2, 0.25) is 0 Å². The normalized spacial score (nSPS) is 10.6. The second-order valence-electron chi connectivity index (χ2n) is 4.80. The molecule has 0 spiro atoms. The van der Waals surface area contributed by atoms with E-state index in [1.54, 1.807) is 6.07 Å². The average Bonchev–Trinajstić information content (AvgIpc) is 2.96. The van der Waals surface area contributed by atoms with Crippen LogP contribution < -0.4 is 5.32 Å². The first-order valence-electron chi connectivity index (χ1n) is 6.69. The second-order valence-corrected chi connectivity index (χ2v) is 4.80.